The lowest BCUT2D eigenvalue weighted by Crippen LogP contribution is -2.32. The van der Waals surface area contributed by atoms with Crippen LogP contribution in [0.4, 0.5) is 5.69 Å². The summed E-state index contributed by atoms with van der Waals surface area (Å²) in [6.07, 6.45) is 1.13. The number of nitrogens with one attached hydrogen (secondary N) is 2. The van der Waals surface area contributed by atoms with Crippen molar-refractivity contribution in [3.05, 3.63) is 29.8 Å². The van der Waals surface area contributed by atoms with E-state index in [1.165, 1.54) is 0 Å². The smallest absolute Gasteiger partial charge is 0.253 e. The molecule has 0 saturated carbocycles. The highest BCUT2D eigenvalue weighted by atomic mass is 16.5. The average molecular weight is 320 g/mol. The molecule has 1 aromatic rings. The largest absolute Gasteiger partial charge is 0.381 e. The van der Waals surface area contributed by atoms with Crippen LogP contribution >= 0.6 is 0 Å². The lowest BCUT2D eigenvalue weighted by Gasteiger charge is -2.14. The maximum atomic E-state index is 12.3. The number of ether oxygens (including phenoxy) is 1. The summed E-state index contributed by atoms with van der Waals surface area (Å²) in [4.78, 5) is 24.3. The molecule has 23 heavy (non-hydrogen) atoms. The van der Waals surface area contributed by atoms with Crippen LogP contribution in [-0.4, -0.2) is 31.1 Å². The molecule has 5 heteroatoms. The van der Waals surface area contributed by atoms with Gasteiger partial charge in [-0.05, 0) is 31.4 Å². The summed E-state index contributed by atoms with van der Waals surface area (Å²) in [6, 6.07) is 7.12. The molecular formula is C18H28N2O3. The van der Waals surface area contributed by atoms with E-state index in [4.69, 9.17) is 4.74 Å². The molecule has 128 valence electrons. The molecule has 0 bridgehead atoms. The fraction of sp³-hybridized carbons (Fsp3) is 0.556. The Morgan fingerprint density at radius 2 is 1.87 bits per heavy atom. The molecular weight excluding hydrogens is 292 g/mol. The van der Waals surface area contributed by atoms with Crippen LogP contribution in [0, 0.1) is 5.92 Å². The first-order valence-electron chi connectivity index (χ1n) is 8.21. The lowest BCUT2D eigenvalue weighted by atomic mass is 10.1. The van der Waals surface area contributed by atoms with Crippen molar-refractivity contribution >= 4 is 17.5 Å². The first kappa shape index (κ1) is 19.2. The van der Waals surface area contributed by atoms with Crippen molar-refractivity contribution in [3.63, 3.8) is 0 Å². The Hall–Kier alpha value is -1.88. The van der Waals surface area contributed by atoms with Crippen LogP contribution in [0.25, 0.3) is 0 Å². The maximum Gasteiger partial charge on any atom is 0.253 e. The van der Waals surface area contributed by atoms with Gasteiger partial charge in [0.1, 0.15) is 0 Å². The average Bonchev–Trinajstić information content (AvgIpc) is 2.51. The first-order chi connectivity index (χ1) is 10.9. The van der Waals surface area contributed by atoms with E-state index in [1.54, 1.807) is 24.3 Å². The zero-order chi connectivity index (χ0) is 17.2. The van der Waals surface area contributed by atoms with Crippen molar-refractivity contribution in [2.45, 2.75) is 46.6 Å². The van der Waals surface area contributed by atoms with Gasteiger partial charge in [0.05, 0.1) is 24.3 Å². The minimum atomic E-state index is -0.175. The molecule has 2 amide bonds. The van der Waals surface area contributed by atoms with Gasteiger partial charge in [0.25, 0.3) is 5.91 Å². The molecule has 0 aliphatic heterocycles. The molecule has 1 rings (SSSR count). The van der Waals surface area contributed by atoms with E-state index in [9.17, 15) is 9.59 Å². The van der Waals surface area contributed by atoms with Crippen LogP contribution in [0.5, 0.6) is 0 Å². The van der Waals surface area contributed by atoms with Crippen molar-refractivity contribution in [3.8, 4) is 0 Å². The van der Waals surface area contributed by atoms with Gasteiger partial charge in [-0.25, -0.2) is 0 Å². The third kappa shape index (κ3) is 7.28. The Morgan fingerprint density at radius 1 is 1.17 bits per heavy atom. The van der Waals surface area contributed by atoms with E-state index in [0.29, 0.717) is 30.4 Å². The van der Waals surface area contributed by atoms with Gasteiger partial charge in [-0.3, -0.25) is 9.59 Å². The molecule has 0 radical (unpaired) electrons. The van der Waals surface area contributed by atoms with Gasteiger partial charge >= 0.3 is 0 Å². The van der Waals surface area contributed by atoms with Gasteiger partial charge in [0.15, 0.2) is 0 Å². The summed E-state index contributed by atoms with van der Waals surface area (Å²) < 4.78 is 5.41. The molecule has 0 heterocycles. The topological polar surface area (TPSA) is 67.4 Å². The number of carbonyl (C=O) groups is 2. The Labute approximate surface area is 138 Å². The van der Waals surface area contributed by atoms with Crippen molar-refractivity contribution in [1.82, 2.24) is 5.32 Å². The molecule has 0 aromatic heterocycles. The molecule has 5 nitrogen and oxygen atoms in total. The third-order valence-corrected chi connectivity index (χ3v) is 3.36. The molecule has 0 aliphatic carbocycles. The van der Waals surface area contributed by atoms with Crippen molar-refractivity contribution in [2.75, 3.05) is 18.5 Å². The van der Waals surface area contributed by atoms with Crippen molar-refractivity contribution in [1.29, 1.82) is 0 Å². The number of carbonyl (C=O) groups excluding carboxylic acids is 2. The van der Waals surface area contributed by atoms with Crippen LogP contribution in [0.15, 0.2) is 24.3 Å². The summed E-state index contributed by atoms with van der Waals surface area (Å²) in [6.45, 7) is 9.10. The predicted molar refractivity (Wildman–Crippen MR) is 92.6 cm³/mol. The van der Waals surface area contributed by atoms with Gasteiger partial charge in [-0.1, -0.05) is 32.9 Å². The second kappa shape index (κ2) is 10.0. The molecule has 1 aromatic carbocycles. The number of anilines is 1. The van der Waals surface area contributed by atoms with Gasteiger partial charge in [0, 0.05) is 12.6 Å². The Morgan fingerprint density at radius 3 is 2.52 bits per heavy atom. The molecule has 1 atom stereocenters. The van der Waals surface area contributed by atoms with Gasteiger partial charge < -0.3 is 15.4 Å². The SMILES string of the molecule is CC[C@H](C)NC(=O)c1ccccc1NC(=O)CCOCC(C)C. The summed E-state index contributed by atoms with van der Waals surface area (Å²) in [7, 11) is 0. The highest BCUT2D eigenvalue weighted by Gasteiger charge is 2.14. The summed E-state index contributed by atoms with van der Waals surface area (Å²) in [5.74, 6) is 0.117. The Balaban J connectivity index is 2.59. The summed E-state index contributed by atoms with van der Waals surface area (Å²) >= 11 is 0. The van der Waals surface area contributed by atoms with Crippen molar-refractivity contribution in [2.24, 2.45) is 5.92 Å². The Bertz CT molecular complexity index is 515. The van der Waals surface area contributed by atoms with Crippen LogP contribution in [0.1, 0.15) is 50.9 Å². The number of para-hydroxylation sites is 1. The summed E-state index contributed by atoms with van der Waals surface area (Å²) in [5, 5.41) is 5.70. The standard InChI is InChI=1S/C18H28N2O3/c1-5-14(4)19-18(22)15-8-6-7-9-16(15)20-17(21)10-11-23-12-13(2)3/h6-9,13-14H,5,10-12H2,1-4H3,(H,19,22)(H,20,21)/t14-/m0/s1. The lowest BCUT2D eigenvalue weighted by molar-refractivity contribution is -0.117. The summed E-state index contributed by atoms with van der Waals surface area (Å²) in [5.41, 5.74) is 1.01. The zero-order valence-electron chi connectivity index (χ0n) is 14.5. The normalized spacial score (nSPS) is 12.0. The van der Waals surface area contributed by atoms with E-state index in [0.717, 1.165) is 6.42 Å². The quantitative estimate of drug-likeness (QED) is 0.687. The van der Waals surface area contributed by atoms with Crippen LogP contribution < -0.4 is 10.6 Å². The number of amides is 2. The van der Waals surface area contributed by atoms with E-state index in [-0.39, 0.29) is 24.3 Å². The monoisotopic (exact) mass is 320 g/mol. The molecule has 0 fully saturated rings. The molecule has 0 unspecified atom stereocenters. The number of rotatable bonds is 9. The van der Waals surface area contributed by atoms with Crippen LogP contribution in [0.3, 0.4) is 0 Å². The predicted octanol–water partition coefficient (Wildman–Crippen LogP) is 3.22. The fourth-order valence-electron chi connectivity index (χ4n) is 1.89. The Kier molecular flexibility index (Phi) is 8.33. The molecule has 2 N–H and O–H groups in total. The van der Waals surface area contributed by atoms with E-state index in [2.05, 4.69) is 24.5 Å². The van der Waals surface area contributed by atoms with Gasteiger partial charge in [-0.15, -0.1) is 0 Å². The van der Waals surface area contributed by atoms with Crippen LogP contribution in [-0.2, 0) is 9.53 Å². The first-order valence-corrected chi connectivity index (χ1v) is 8.21. The highest BCUT2D eigenvalue weighted by Crippen LogP contribution is 2.15. The molecule has 0 aliphatic rings. The minimum Gasteiger partial charge on any atom is -0.381 e. The second-order valence-corrected chi connectivity index (χ2v) is 6.10. The van der Waals surface area contributed by atoms with Gasteiger partial charge in [-0.2, -0.15) is 0 Å². The molecule has 0 saturated heterocycles. The van der Waals surface area contributed by atoms with Gasteiger partial charge in [0.2, 0.25) is 5.91 Å². The fourth-order valence-corrected chi connectivity index (χ4v) is 1.89. The van der Waals surface area contributed by atoms with E-state index >= 15 is 0 Å². The zero-order valence-corrected chi connectivity index (χ0v) is 14.5. The maximum absolute atomic E-state index is 12.3. The second-order valence-electron chi connectivity index (χ2n) is 6.10. The minimum absolute atomic E-state index is 0.0932. The number of benzene rings is 1. The van der Waals surface area contributed by atoms with E-state index in [1.807, 2.05) is 13.8 Å². The van der Waals surface area contributed by atoms with Crippen molar-refractivity contribution < 1.29 is 14.3 Å². The van der Waals surface area contributed by atoms with Crippen LogP contribution in [0.2, 0.25) is 0 Å². The third-order valence-electron chi connectivity index (χ3n) is 3.36. The van der Waals surface area contributed by atoms with E-state index < -0.39 is 0 Å². The number of hydrogen-bond acceptors (Lipinski definition) is 3. The number of hydrogen-bond donors (Lipinski definition) is 2. The molecule has 0 spiro atoms. The highest BCUT2D eigenvalue weighted by molar-refractivity contribution is 6.03.